The number of hydrogen-bond donors (Lipinski definition) is 2. The van der Waals surface area contributed by atoms with Gasteiger partial charge >= 0.3 is 0 Å². The van der Waals surface area contributed by atoms with E-state index in [1.54, 1.807) is 25.3 Å². The van der Waals surface area contributed by atoms with E-state index in [0.717, 1.165) is 5.56 Å². The molecule has 1 aromatic carbocycles. The SMILES string of the molecule is Cc1ncc(-c2ccc(O)c(N)c2)o1. The number of benzene rings is 1. The van der Waals surface area contributed by atoms with Crippen LogP contribution < -0.4 is 5.73 Å². The van der Waals surface area contributed by atoms with Crippen molar-refractivity contribution in [2.45, 2.75) is 6.92 Å². The molecule has 0 radical (unpaired) electrons. The van der Waals surface area contributed by atoms with Crippen molar-refractivity contribution in [3.63, 3.8) is 0 Å². The molecule has 3 N–H and O–H groups in total. The summed E-state index contributed by atoms with van der Waals surface area (Å²) in [6.45, 7) is 1.77. The van der Waals surface area contributed by atoms with E-state index in [9.17, 15) is 5.11 Å². The van der Waals surface area contributed by atoms with Gasteiger partial charge in [0.15, 0.2) is 11.7 Å². The number of rotatable bonds is 1. The van der Waals surface area contributed by atoms with Crippen LogP contribution in [0.3, 0.4) is 0 Å². The quantitative estimate of drug-likeness (QED) is 0.532. The summed E-state index contributed by atoms with van der Waals surface area (Å²) in [5, 5.41) is 9.22. The number of phenolic OH excluding ortho intramolecular Hbond substituents is 1. The van der Waals surface area contributed by atoms with Gasteiger partial charge in [0, 0.05) is 12.5 Å². The Kier molecular flexibility index (Phi) is 1.89. The Hall–Kier alpha value is -1.97. The fourth-order valence-corrected chi connectivity index (χ4v) is 1.20. The van der Waals surface area contributed by atoms with Gasteiger partial charge in [-0.25, -0.2) is 4.98 Å². The molecule has 0 aliphatic carbocycles. The summed E-state index contributed by atoms with van der Waals surface area (Å²) in [5.41, 5.74) is 6.69. The Balaban J connectivity index is 2.47. The van der Waals surface area contributed by atoms with Gasteiger partial charge in [-0.05, 0) is 18.2 Å². The topological polar surface area (TPSA) is 72.3 Å². The minimum Gasteiger partial charge on any atom is -0.506 e. The van der Waals surface area contributed by atoms with Crippen LogP contribution in [0.25, 0.3) is 11.3 Å². The lowest BCUT2D eigenvalue weighted by molar-refractivity contribution is 0.478. The third kappa shape index (κ3) is 1.42. The van der Waals surface area contributed by atoms with Gasteiger partial charge in [-0.15, -0.1) is 0 Å². The van der Waals surface area contributed by atoms with Gasteiger partial charge in [0.1, 0.15) is 5.75 Å². The molecule has 1 heterocycles. The lowest BCUT2D eigenvalue weighted by Gasteiger charge is -2.00. The van der Waals surface area contributed by atoms with E-state index in [0.29, 0.717) is 17.3 Å². The monoisotopic (exact) mass is 190 g/mol. The fraction of sp³-hybridized carbons (Fsp3) is 0.100. The minimum absolute atomic E-state index is 0.0741. The third-order valence-electron chi connectivity index (χ3n) is 1.93. The number of hydrogen-bond acceptors (Lipinski definition) is 4. The van der Waals surface area contributed by atoms with Crippen molar-refractivity contribution in [1.29, 1.82) is 0 Å². The fourth-order valence-electron chi connectivity index (χ4n) is 1.20. The van der Waals surface area contributed by atoms with Gasteiger partial charge in [-0.3, -0.25) is 0 Å². The summed E-state index contributed by atoms with van der Waals surface area (Å²) < 4.78 is 5.32. The molecule has 0 saturated carbocycles. The molecule has 0 saturated heterocycles. The van der Waals surface area contributed by atoms with Crippen molar-refractivity contribution in [3.8, 4) is 17.1 Å². The first-order valence-electron chi connectivity index (χ1n) is 4.18. The third-order valence-corrected chi connectivity index (χ3v) is 1.93. The highest BCUT2D eigenvalue weighted by Crippen LogP contribution is 2.27. The number of aromatic hydroxyl groups is 1. The smallest absolute Gasteiger partial charge is 0.191 e. The van der Waals surface area contributed by atoms with Gasteiger partial charge < -0.3 is 15.3 Å². The van der Waals surface area contributed by atoms with E-state index in [1.807, 2.05) is 0 Å². The van der Waals surface area contributed by atoms with Crippen LogP contribution in [-0.4, -0.2) is 10.1 Å². The van der Waals surface area contributed by atoms with Crippen LogP contribution in [0, 0.1) is 6.92 Å². The standard InChI is InChI=1S/C10H10N2O2/c1-6-12-5-10(14-6)7-2-3-9(13)8(11)4-7/h2-5,13H,11H2,1H3. The maximum Gasteiger partial charge on any atom is 0.191 e. The molecular formula is C10H10N2O2. The number of phenols is 1. The van der Waals surface area contributed by atoms with E-state index in [1.165, 1.54) is 6.07 Å². The second-order valence-corrected chi connectivity index (χ2v) is 3.02. The number of oxazole rings is 1. The molecule has 0 aliphatic rings. The van der Waals surface area contributed by atoms with Gasteiger partial charge in [0.2, 0.25) is 0 Å². The number of nitrogens with zero attached hydrogens (tertiary/aromatic N) is 1. The van der Waals surface area contributed by atoms with Crippen molar-refractivity contribution in [3.05, 3.63) is 30.3 Å². The largest absolute Gasteiger partial charge is 0.506 e. The lowest BCUT2D eigenvalue weighted by atomic mass is 10.1. The molecule has 0 aliphatic heterocycles. The van der Waals surface area contributed by atoms with E-state index in [4.69, 9.17) is 10.2 Å². The first kappa shape index (κ1) is 8.62. The summed E-state index contributed by atoms with van der Waals surface area (Å²) in [5.74, 6) is 1.32. The molecule has 0 spiro atoms. The molecule has 2 aromatic rings. The van der Waals surface area contributed by atoms with Crippen LogP contribution in [0.4, 0.5) is 5.69 Å². The van der Waals surface area contributed by atoms with Gasteiger partial charge in [-0.1, -0.05) is 0 Å². The van der Waals surface area contributed by atoms with E-state index in [2.05, 4.69) is 4.98 Å². The molecule has 2 rings (SSSR count). The van der Waals surface area contributed by atoms with Crippen molar-refractivity contribution < 1.29 is 9.52 Å². The zero-order valence-electron chi connectivity index (χ0n) is 7.69. The van der Waals surface area contributed by atoms with Gasteiger partial charge in [0.25, 0.3) is 0 Å². The number of nitrogens with two attached hydrogens (primary N) is 1. The van der Waals surface area contributed by atoms with Crippen LogP contribution in [0.1, 0.15) is 5.89 Å². The van der Waals surface area contributed by atoms with E-state index in [-0.39, 0.29) is 5.75 Å². The maximum atomic E-state index is 9.22. The summed E-state index contributed by atoms with van der Waals surface area (Å²) in [4.78, 5) is 3.98. The van der Waals surface area contributed by atoms with E-state index >= 15 is 0 Å². The highest BCUT2D eigenvalue weighted by Gasteiger charge is 2.05. The highest BCUT2D eigenvalue weighted by atomic mass is 16.4. The summed E-state index contributed by atoms with van der Waals surface area (Å²) in [6, 6.07) is 4.91. The first-order chi connectivity index (χ1) is 6.66. The zero-order chi connectivity index (χ0) is 10.1. The number of anilines is 1. The second-order valence-electron chi connectivity index (χ2n) is 3.02. The average Bonchev–Trinajstić information content (AvgIpc) is 2.57. The Morgan fingerprint density at radius 3 is 2.79 bits per heavy atom. The number of nitrogen functional groups attached to an aromatic ring is 1. The Morgan fingerprint density at radius 2 is 2.21 bits per heavy atom. The summed E-state index contributed by atoms with van der Waals surface area (Å²) in [7, 11) is 0. The molecular weight excluding hydrogens is 180 g/mol. The Bertz CT molecular complexity index is 463. The average molecular weight is 190 g/mol. The van der Waals surface area contributed by atoms with Crippen LogP contribution in [-0.2, 0) is 0 Å². The molecule has 4 nitrogen and oxygen atoms in total. The maximum absolute atomic E-state index is 9.22. The normalized spacial score (nSPS) is 10.4. The van der Waals surface area contributed by atoms with Crippen LogP contribution >= 0.6 is 0 Å². The zero-order valence-corrected chi connectivity index (χ0v) is 7.69. The molecule has 72 valence electrons. The Labute approximate surface area is 81.0 Å². The second kappa shape index (κ2) is 3.06. The van der Waals surface area contributed by atoms with Gasteiger partial charge in [-0.2, -0.15) is 0 Å². The van der Waals surface area contributed by atoms with Crippen molar-refractivity contribution in [1.82, 2.24) is 4.98 Å². The molecule has 0 fully saturated rings. The van der Waals surface area contributed by atoms with Crippen LogP contribution in [0.15, 0.2) is 28.8 Å². The lowest BCUT2D eigenvalue weighted by Crippen LogP contribution is -1.85. The first-order valence-corrected chi connectivity index (χ1v) is 4.18. The summed E-state index contributed by atoms with van der Waals surface area (Å²) in [6.07, 6.45) is 1.63. The van der Waals surface area contributed by atoms with Gasteiger partial charge in [0.05, 0.1) is 11.9 Å². The molecule has 14 heavy (non-hydrogen) atoms. The van der Waals surface area contributed by atoms with Crippen molar-refractivity contribution >= 4 is 5.69 Å². The van der Waals surface area contributed by atoms with Crippen LogP contribution in [0.5, 0.6) is 5.75 Å². The predicted octanol–water partition coefficient (Wildman–Crippen LogP) is 1.94. The minimum atomic E-state index is 0.0741. The number of aromatic nitrogens is 1. The molecule has 4 heteroatoms. The highest BCUT2D eigenvalue weighted by molar-refractivity contribution is 5.66. The summed E-state index contributed by atoms with van der Waals surface area (Å²) >= 11 is 0. The molecule has 0 atom stereocenters. The Morgan fingerprint density at radius 1 is 1.43 bits per heavy atom. The van der Waals surface area contributed by atoms with E-state index < -0.39 is 0 Å². The molecule has 0 amide bonds. The number of aryl methyl sites for hydroxylation is 1. The molecule has 1 aromatic heterocycles. The molecule has 0 unspecified atom stereocenters. The predicted molar refractivity (Wildman–Crippen MR) is 52.8 cm³/mol. The molecule has 0 bridgehead atoms. The van der Waals surface area contributed by atoms with Crippen LogP contribution in [0.2, 0.25) is 0 Å². The van der Waals surface area contributed by atoms with Crippen molar-refractivity contribution in [2.24, 2.45) is 0 Å². The van der Waals surface area contributed by atoms with Crippen molar-refractivity contribution in [2.75, 3.05) is 5.73 Å².